The molecule has 2 aliphatic heterocycles. The van der Waals surface area contributed by atoms with Crippen molar-refractivity contribution in [1.29, 1.82) is 0 Å². The van der Waals surface area contributed by atoms with Gasteiger partial charge in [-0.1, -0.05) is 18.2 Å². The van der Waals surface area contributed by atoms with Gasteiger partial charge in [0.05, 0.1) is 0 Å². The number of likely N-dealkylation sites (N-methyl/N-ethyl adjacent to an activating group) is 1. The van der Waals surface area contributed by atoms with Crippen LogP contribution in [0.5, 0.6) is 0 Å². The molecule has 0 amide bonds. The summed E-state index contributed by atoms with van der Waals surface area (Å²) < 4.78 is 5.11. The molecule has 0 aliphatic carbocycles. The Morgan fingerprint density at radius 2 is 2.06 bits per heavy atom. The molecule has 4 nitrogen and oxygen atoms in total. The van der Waals surface area contributed by atoms with E-state index in [0.717, 1.165) is 11.3 Å². The van der Waals surface area contributed by atoms with Gasteiger partial charge in [0.2, 0.25) is 6.29 Å². The van der Waals surface area contributed by atoms with Crippen LogP contribution in [0.15, 0.2) is 30.3 Å². The van der Waals surface area contributed by atoms with Gasteiger partial charge in [-0.15, -0.1) is 0 Å². The molecule has 0 radical (unpaired) electrons. The number of methoxy groups -OCH3 is 1. The van der Waals surface area contributed by atoms with Crippen LogP contribution in [-0.2, 0) is 14.5 Å². The van der Waals surface area contributed by atoms with Gasteiger partial charge in [-0.05, 0) is 12.1 Å². The van der Waals surface area contributed by atoms with Crippen LogP contribution in [0.4, 0.5) is 5.69 Å². The highest BCUT2D eigenvalue weighted by molar-refractivity contribution is 5.86. The molecule has 0 aromatic heterocycles. The lowest BCUT2D eigenvalue weighted by atomic mass is 10.1. The maximum Gasteiger partial charge on any atom is 0.211 e. The van der Waals surface area contributed by atoms with Crippen molar-refractivity contribution in [2.24, 2.45) is 0 Å². The average Bonchev–Trinajstić information content (AvgIpc) is 2.64. The minimum absolute atomic E-state index is 0.163. The number of nitrogens with zero attached hydrogens (tertiary/aromatic N) is 1. The minimum atomic E-state index is -0.425. The van der Waals surface area contributed by atoms with Crippen molar-refractivity contribution in [1.82, 2.24) is 0 Å². The summed E-state index contributed by atoms with van der Waals surface area (Å²) in [6.45, 7) is 0. The van der Waals surface area contributed by atoms with E-state index in [1.54, 1.807) is 7.11 Å². The van der Waals surface area contributed by atoms with Crippen LogP contribution in [0.1, 0.15) is 5.56 Å². The van der Waals surface area contributed by atoms with Crippen LogP contribution in [-0.4, -0.2) is 26.7 Å². The van der Waals surface area contributed by atoms with E-state index in [1.165, 1.54) is 5.56 Å². The number of fused-ring (bicyclic) bond motifs is 3. The molecule has 0 fully saturated rings. The maximum atomic E-state index is 5.33. The summed E-state index contributed by atoms with van der Waals surface area (Å²) in [5.41, 5.74) is 3.44. The Labute approximate surface area is 93.9 Å². The topological polar surface area (TPSA) is 30.9 Å². The normalized spacial score (nSPS) is 27.4. The van der Waals surface area contributed by atoms with Crippen LogP contribution < -0.4 is 4.90 Å². The first-order valence-corrected chi connectivity index (χ1v) is 5.20. The second kappa shape index (κ2) is 3.59. The van der Waals surface area contributed by atoms with Gasteiger partial charge in [-0.25, -0.2) is 4.89 Å². The number of benzene rings is 1. The molecule has 84 valence electrons. The van der Waals surface area contributed by atoms with E-state index in [9.17, 15) is 0 Å². The van der Waals surface area contributed by atoms with Crippen LogP contribution in [0.3, 0.4) is 0 Å². The Morgan fingerprint density at radius 3 is 2.88 bits per heavy atom. The maximum absolute atomic E-state index is 5.33. The number of hydrogen-bond donors (Lipinski definition) is 0. The summed E-state index contributed by atoms with van der Waals surface area (Å²) in [6, 6.07) is 8.19. The summed E-state index contributed by atoms with van der Waals surface area (Å²) in [5, 5.41) is 0. The van der Waals surface area contributed by atoms with Gasteiger partial charge in [0.1, 0.15) is 0 Å². The van der Waals surface area contributed by atoms with Crippen molar-refractivity contribution in [3.63, 3.8) is 0 Å². The van der Waals surface area contributed by atoms with Crippen LogP contribution in [0.25, 0.3) is 5.57 Å². The molecule has 1 aromatic rings. The molecule has 0 spiro atoms. The van der Waals surface area contributed by atoms with Crippen molar-refractivity contribution >= 4 is 11.3 Å². The molecular weight excluding hydrogens is 206 g/mol. The zero-order valence-electron chi connectivity index (χ0n) is 9.21. The first-order valence-electron chi connectivity index (χ1n) is 5.20. The molecule has 0 saturated carbocycles. The van der Waals surface area contributed by atoms with Gasteiger partial charge >= 0.3 is 0 Å². The molecule has 4 heteroatoms. The summed E-state index contributed by atoms with van der Waals surface area (Å²) in [4.78, 5) is 12.5. The fourth-order valence-corrected chi connectivity index (χ4v) is 2.17. The number of hydrogen-bond acceptors (Lipinski definition) is 4. The lowest BCUT2D eigenvalue weighted by Crippen LogP contribution is -2.35. The largest absolute Gasteiger partial charge is 0.350 e. The second-order valence-electron chi connectivity index (χ2n) is 3.90. The summed E-state index contributed by atoms with van der Waals surface area (Å²) in [5.74, 6) is 0. The van der Waals surface area contributed by atoms with E-state index < -0.39 is 6.29 Å². The molecule has 2 atom stereocenters. The van der Waals surface area contributed by atoms with Crippen molar-refractivity contribution in [3.05, 3.63) is 35.9 Å². The zero-order valence-corrected chi connectivity index (χ0v) is 9.21. The van der Waals surface area contributed by atoms with E-state index in [-0.39, 0.29) is 6.23 Å². The third-order valence-electron chi connectivity index (χ3n) is 3.00. The fourth-order valence-electron chi connectivity index (χ4n) is 2.17. The summed E-state index contributed by atoms with van der Waals surface area (Å²) in [7, 11) is 3.58. The van der Waals surface area contributed by atoms with Gasteiger partial charge in [-0.2, -0.15) is 4.89 Å². The quantitative estimate of drug-likeness (QED) is 0.674. The van der Waals surface area contributed by atoms with E-state index in [0.29, 0.717) is 0 Å². The third-order valence-corrected chi connectivity index (χ3v) is 3.00. The molecule has 2 heterocycles. The van der Waals surface area contributed by atoms with Gasteiger partial charge in [-0.3, -0.25) is 0 Å². The molecule has 0 saturated heterocycles. The highest BCUT2D eigenvalue weighted by Gasteiger charge is 2.36. The molecule has 0 unspecified atom stereocenters. The Morgan fingerprint density at radius 1 is 1.25 bits per heavy atom. The summed E-state index contributed by atoms with van der Waals surface area (Å²) >= 11 is 0. The SMILES string of the molecule is CO[C@H]1C=C2c3ccccc3N(C)[C@H]2OO1. The Balaban J connectivity index is 2.09. The molecule has 0 bridgehead atoms. The van der Waals surface area contributed by atoms with E-state index in [1.807, 2.05) is 30.2 Å². The van der Waals surface area contributed by atoms with Crippen molar-refractivity contribution in [3.8, 4) is 0 Å². The Bertz CT molecular complexity index is 444. The van der Waals surface area contributed by atoms with Crippen molar-refractivity contribution in [2.45, 2.75) is 12.5 Å². The smallest absolute Gasteiger partial charge is 0.211 e. The second-order valence-corrected chi connectivity index (χ2v) is 3.90. The average molecular weight is 219 g/mol. The molecule has 1 aromatic carbocycles. The zero-order chi connectivity index (χ0) is 11.1. The number of rotatable bonds is 1. The first-order chi connectivity index (χ1) is 7.81. The van der Waals surface area contributed by atoms with Crippen LogP contribution in [0, 0.1) is 0 Å². The van der Waals surface area contributed by atoms with E-state index >= 15 is 0 Å². The van der Waals surface area contributed by atoms with Gasteiger partial charge < -0.3 is 9.64 Å². The highest BCUT2D eigenvalue weighted by atomic mass is 17.2. The monoisotopic (exact) mass is 219 g/mol. The molecule has 0 N–H and O–H groups in total. The Hall–Kier alpha value is -1.36. The fraction of sp³-hybridized carbons (Fsp3) is 0.333. The minimum Gasteiger partial charge on any atom is -0.350 e. The number of anilines is 1. The number of para-hydroxylation sites is 1. The van der Waals surface area contributed by atoms with Gasteiger partial charge in [0.15, 0.2) is 6.23 Å². The number of ether oxygens (including phenoxy) is 1. The summed E-state index contributed by atoms with van der Waals surface area (Å²) in [6.07, 6.45) is 1.37. The molecule has 3 rings (SSSR count). The van der Waals surface area contributed by atoms with E-state index in [4.69, 9.17) is 14.5 Å². The lowest BCUT2D eigenvalue weighted by molar-refractivity contribution is -0.378. The van der Waals surface area contributed by atoms with Crippen molar-refractivity contribution in [2.75, 3.05) is 19.1 Å². The molecule has 2 aliphatic rings. The highest BCUT2D eigenvalue weighted by Crippen LogP contribution is 2.41. The van der Waals surface area contributed by atoms with Crippen LogP contribution >= 0.6 is 0 Å². The van der Waals surface area contributed by atoms with Crippen LogP contribution in [0.2, 0.25) is 0 Å². The van der Waals surface area contributed by atoms with Gasteiger partial charge in [0.25, 0.3) is 0 Å². The first kappa shape index (κ1) is 9.84. The predicted molar refractivity (Wildman–Crippen MR) is 59.6 cm³/mol. The molecular formula is C12H13NO3. The van der Waals surface area contributed by atoms with E-state index in [2.05, 4.69) is 12.1 Å². The lowest BCUT2D eigenvalue weighted by Gasteiger charge is -2.27. The van der Waals surface area contributed by atoms with Gasteiger partial charge in [0, 0.05) is 31.0 Å². The predicted octanol–water partition coefficient (Wildman–Crippen LogP) is 1.78. The Kier molecular flexibility index (Phi) is 2.21. The van der Waals surface area contributed by atoms with Crippen molar-refractivity contribution < 1.29 is 14.5 Å². The standard InChI is InChI=1S/C12H13NO3/c1-13-10-6-4-3-5-8(10)9-7-11(14-2)15-16-12(9)13/h3-7,11-12H,1-2H3/t11-,12+/m1/s1. The molecule has 16 heavy (non-hydrogen) atoms. The third kappa shape index (κ3) is 1.28.